The van der Waals surface area contributed by atoms with Crippen LogP contribution in [-0.2, 0) is 14.3 Å². The Balaban J connectivity index is 1.91. The van der Waals surface area contributed by atoms with Crippen LogP contribution in [0.2, 0.25) is 0 Å². The maximum atomic E-state index is 12.2. The van der Waals surface area contributed by atoms with Gasteiger partial charge in [-0.05, 0) is 12.8 Å². The highest BCUT2D eigenvalue weighted by atomic mass is 16.5. The summed E-state index contributed by atoms with van der Waals surface area (Å²) >= 11 is 0. The number of amides is 1. The Labute approximate surface area is 106 Å². The number of hydrogen-bond donors (Lipinski definition) is 1. The van der Waals surface area contributed by atoms with Gasteiger partial charge in [-0.1, -0.05) is 0 Å². The summed E-state index contributed by atoms with van der Waals surface area (Å²) in [5.74, 6) is -0.375. The molecule has 1 amide bonds. The van der Waals surface area contributed by atoms with E-state index in [9.17, 15) is 9.59 Å². The van der Waals surface area contributed by atoms with Gasteiger partial charge in [0, 0.05) is 26.4 Å². The maximum absolute atomic E-state index is 12.2. The average Bonchev–Trinajstić information content (AvgIpc) is 2.95. The van der Waals surface area contributed by atoms with E-state index >= 15 is 0 Å². The molecule has 0 bridgehead atoms. The fourth-order valence-corrected chi connectivity index (χ4v) is 2.58. The third-order valence-corrected chi connectivity index (χ3v) is 3.41. The summed E-state index contributed by atoms with van der Waals surface area (Å²) in [5.41, 5.74) is 0. The van der Waals surface area contributed by atoms with E-state index in [4.69, 9.17) is 10.00 Å². The zero-order valence-corrected chi connectivity index (χ0v) is 10.4. The first-order valence-electron chi connectivity index (χ1n) is 6.22. The molecular weight excluding hydrogens is 234 g/mol. The van der Waals surface area contributed by atoms with Gasteiger partial charge in [0.15, 0.2) is 0 Å². The van der Waals surface area contributed by atoms with Gasteiger partial charge in [-0.25, -0.2) is 0 Å². The molecule has 18 heavy (non-hydrogen) atoms. The lowest BCUT2D eigenvalue weighted by Crippen LogP contribution is -2.45. The van der Waals surface area contributed by atoms with Crippen LogP contribution in [-0.4, -0.2) is 48.1 Å². The van der Waals surface area contributed by atoms with Crippen LogP contribution < -0.4 is 5.32 Å². The minimum Gasteiger partial charge on any atom is -0.461 e. The van der Waals surface area contributed by atoms with Gasteiger partial charge in [-0.2, -0.15) is 5.26 Å². The molecule has 0 unspecified atom stereocenters. The number of likely N-dealkylation sites (tertiary alicyclic amines) is 1. The van der Waals surface area contributed by atoms with Crippen molar-refractivity contribution in [3.63, 3.8) is 0 Å². The molecular formula is C12H17N3O3. The Kier molecular flexibility index (Phi) is 3.82. The first kappa shape index (κ1) is 12.8. The Hall–Kier alpha value is -1.61. The van der Waals surface area contributed by atoms with Crippen molar-refractivity contribution in [2.24, 2.45) is 0 Å². The molecule has 2 aliphatic rings. The highest BCUT2D eigenvalue weighted by Gasteiger charge is 2.37. The van der Waals surface area contributed by atoms with Crippen LogP contribution >= 0.6 is 0 Å². The predicted molar refractivity (Wildman–Crippen MR) is 62.3 cm³/mol. The molecule has 0 aromatic heterocycles. The van der Waals surface area contributed by atoms with Gasteiger partial charge in [-0.15, -0.1) is 0 Å². The minimum atomic E-state index is -0.330. The zero-order chi connectivity index (χ0) is 13.1. The Bertz CT molecular complexity index is 391. The van der Waals surface area contributed by atoms with Crippen LogP contribution in [0.1, 0.15) is 26.2 Å². The summed E-state index contributed by atoms with van der Waals surface area (Å²) in [4.78, 5) is 24.7. The standard InChI is InChI=1S/C12H17N3O3/c1-8(16)18-10-5-11(14-7-10)12(17)15-4-2-3-9(15)6-13/h9-11,14H,2-5,7H2,1H3/t9-,10+,11-/m0/s1. The molecule has 2 saturated heterocycles. The van der Waals surface area contributed by atoms with Gasteiger partial charge in [0.1, 0.15) is 12.1 Å². The second kappa shape index (κ2) is 5.36. The second-order valence-electron chi connectivity index (χ2n) is 4.75. The van der Waals surface area contributed by atoms with Crippen LogP contribution in [0.3, 0.4) is 0 Å². The quantitative estimate of drug-likeness (QED) is 0.687. The fourth-order valence-electron chi connectivity index (χ4n) is 2.58. The first-order chi connectivity index (χ1) is 8.61. The predicted octanol–water partition coefficient (Wildman–Crippen LogP) is -0.205. The van der Waals surface area contributed by atoms with Crippen molar-refractivity contribution in [3.05, 3.63) is 0 Å². The van der Waals surface area contributed by atoms with E-state index in [-0.39, 0.29) is 30.1 Å². The molecule has 1 N–H and O–H groups in total. The van der Waals surface area contributed by atoms with E-state index in [1.54, 1.807) is 4.90 Å². The lowest BCUT2D eigenvalue weighted by molar-refractivity contribution is -0.146. The van der Waals surface area contributed by atoms with Gasteiger partial charge in [0.2, 0.25) is 5.91 Å². The molecule has 0 aromatic rings. The normalized spacial score (nSPS) is 31.1. The van der Waals surface area contributed by atoms with E-state index in [1.807, 2.05) is 0 Å². The third kappa shape index (κ3) is 2.62. The van der Waals surface area contributed by atoms with Crippen LogP contribution in [0.15, 0.2) is 0 Å². The van der Waals surface area contributed by atoms with Gasteiger partial charge < -0.3 is 15.0 Å². The molecule has 0 aliphatic carbocycles. The largest absolute Gasteiger partial charge is 0.461 e. The molecule has 2 heterocycles. The number of ether oxygens (including phenoxy) is 1. The van der Waals surface area contributed by atoms with E-state index in [0.29, 0.717) is 19.5 Å². The van der Waals surface area contributed by atoms with Crippen LogP contribution in [0.25, 0.3) is 0 Å². The van der Waals surface area contributed by atoms with Crippen molar-refractivity contribution < 1.29 is 14.3 Å². The SMILES string of the molecule is CC(=O)O[C@H]1CN[C@H](C(=O)N2CCC[C@H]2C#N)C1. The molecule has 2 rings (SSSR count). The lowest BCUT2D eigenvalue weighted by Gasteiger charge is -2.23. The van der Waals surface area contributed by atoms with E-state index in [0.717, 1.165) is 12.8 Å². The molecule has 3 atom stereocenters. The Morgan fingerprint density at radius 1 is 1.50 bits per heavy atom. The molecule has 0 radical (unpaired) electrons. The molecule has 2 fully saturated rings. The maximum Gasteiger partial charge on any atom is 0.302 e. The zero-order valence-electron chi connectivity index (χ0n) is 10.4. The fraction of sp³-hybridized carbons (Fsp3) is 0.750. The highest BCUT2D eigenvalue weighted by Crippen LogP contribution is 2.20. The number of nitriles is 1. The molecule has 6 heteroatoms. The minimum absolute atomic E-state index is 0.0475. The van der Waals surface area contributed by atoms with E-state index in [1.165, 1.54) is 6.92 Å². The lowest BCUT2D eigenvalue weighted by atomic mass is 10.1. The number of nitrogens with zero attached hydrogens (tertiary/aromatic N) is 2. The number of rotatable bonds is 2. The van der Waals surface area contributed by atoms with Crippen molar-refractivity contribution >= 4 is 11.9 Å². The molecule has 0 spiro atoms. The van der Waals surface area contributed by atoms with Crippen molar-refractivity contribution in [3.8, 4) is 6.07 Å². The molecule has 0 aromatic carbocycles. The third-order valence-electron chi connectivity index (χ3n) is 3.41. The average molecular weight is 251 g/mol. The topological polar surface area (TPSA) is 82.4 Å². The smallest absolute Gasteiger partial charge is 0.302 e. The summed E-state index contributed by atoms with van der Waals surface area (Å²) in [5, 5.41) is 12.0. The molecule has 2 aliphatic heterocycles. The summed E-state index contributed by atoms with van der Waals surface area (Å²) in [7, 11) is 0. The summed E-state index contributed by atoms with van der Waals surface area (Å²) < 4.78 is 5.07. The number of carbonyl (C=O) groups is 2. The monoisotopic (exact) mass is 251 g/mol. The van der Waals surface area contributed by atoms with Crippen molar-refractivity contribution in [2.45, 2.75) is 44.4 Å². The van der Waals surface area contributed by atoms with E-state index in [2.05, 4.69) is 11.4 Å². The van der Waals surface area contributed by atoms with Gasteiger partial charge in [0.05, 0.1) is 12.1 Å². The number of esters is 1. The van der Waals surface area contributed by atoms with Crippen LogP contribution in [0, 0.1) is 11.3 Å². The summed E-state index contributed by atoms with van der Waals surface area (Å²) in [6.07, 6.45) is 1.89. The molecule has 98 valence electrons. The highest BCUT2D eigenvalue weighted by molar-refractivity contribution is 5.83. The Morgan fingerprint density at radius 2 is 2.28 bits per heavy atom. The van der Waals surface area contributed by atoms with E-state index < -0.39 is 0 Å². The van der Waals surface area contributed by atoms with Crippen molar-refractivity contribution in [1.82, 2.24) is 10.2 Å². The number of carbonyl (C=O) groups excluding carboxylic acids is 2. The molecule has 0 saturated carbocycles. The van der Waals surface area contributed by atoms with Gasteiger partial charge in [0.25, 0.3) is 0 Å². The summed E-state index contributed by atoms with van der Waals surface area (Å²) in [6.45, 7) is 2.51. The van der Waals surface area contributed by atoms with Crippen LogP contribution in [0.5, 0.6) is 0 Å². The molecule has 6 nitrogen and oxygen atoms in total. The number of nitrogens with one attached hydrogen (secondary N) is 1. The number of hydrogen-bond acceptors (Lipinski definition) is 5. The van der Waals surface area contributed by atoms with Crippen molar-refractivity contribution in [1.29, 1.82) is 5.26 Å². The van der Waals surface area contributed by atoms with Gasteiger partial charge in [-0.3, -0.25) is 9.59 Å². The van der Waals surface area contributed by atoms with Gasteiger partial charge >= 0.3 is 5.97 Å². The first-order valence-corrected chi connectivity index (χ1v) is 6.22. The van der Waals surface area contributed by atoms with Crippen LogP contribution in [0.4, 0.5) is 0 Å². The second-order valence-corrected chi connectivity index (χ2v) is 4.75. The Morgan fingerprint density at radius 3 is 2.94 bits per heavy atom. The summed E-state index contributed by atoms with van der Waals surface area (Å²) in [6, 6.07) is 1.52. The van der Waals surface area contributed by atoms with Crippen molar-refractivity contribution in [2.75, 3.05) is 13.1 Å².